The molecule has 3 heterocycles. The second kappa shape index (κ2) is 11.8. The van der Waals surface area contributed by atoms with Gasteiger partial charge in [-0.2, -0.15) is 0 Å². The number of nitrogens with zero attached hydrogens (tertiary/aromatic N) is 3. The third-order valence-corrected chi connectivity index (χ3v) is 8.01. The Bertz CT molecular complexity index is 1180. The van der Waals surface area contributed by atoms with Gasteiger partial charge in [0.2, 0.25) is 5.91 Å². The van der Waals surface area contributed by atoms with Gasteiger partial charge in [-0.1, -0.05) is 37.6 Å². The van der Waals surface area contributed by atoms with Gasteiger partial charge in [0.05, 0.1) is 36.4 Å². The van der Waals surface area contributed by atoms with Crippen molar-refractivity contribution >= 4 is 23.8 Å². The lowest BCUT2D eigenvalue weighted by Gasteiger charge is -2.37. The minimum absolute atomic E-state index is 0.142. The van der Waals surface area contributed by atoms with Gasteiger partial charge in [0.15, 0.2) is 0 Å². The van der Waals surface area contributed by atoms with Gasteiger partial charge in [0.1, 0.15) is 6.04 Å². The van der Waals surface area contributed by atoms with Crippen molar-refractivity contribution in [2.45, 2.75) is 72.9 Å². The van der Waals surface area contributed by atoms with Crippen molar-refractivity contribution in [3.8, 4) is 0 Å². The Morgan fingerprint density at radius 3 is 2.54 bits per heavy atom. The lowest BCUT2D eigenvalue weighted by Crippen LogP contribution is -2.53. The summed E-state index contributed by atoms with van der Waals surface area (Å²) in [4.78, 5) is 58.8. The molecule has 9 heteroatoms. The van der Waals surface area contributed by atoms with Crippen LogP contribution >= 0.6 is 0 Å². The zero-order valence-corrected chi connectivity index (χ0v) is 24.1. The van der Waals surface area contributed by atoms with Gasteiger partial charge in [-0.05, 0) is 64.0 Å². The number of likely N-dealkylation sites (tertiary alicyclic amines) is 1. The van der Waals surface area contributed by atoms with Gasteiger partial charge < -0.3 is 19.9 Å². The highest BCUT2D eigenvalue weighted by atomic mass is 16.5. The number of hydrogen-bond donors (Lipinski definition) is 1. The summed E-state index contributed by atoms with van der Waals surface area (Å²) >= 11 is 0. The highest BCUT2D eigenvalue weighted by Crippen LogP contribution is 2.39. The molecule has 1 aromatic carbocycles. The van der Waals surface area contributed by atoms with Crippen LogP contribution in [0.3, 0.4) is 0 Å². The zero-order chi connectivity index (χ0) is 28.4. The van der Waals surface area contributed by atoms with Crippen molar-refractivity contribution in [3.63, 3.8) is 0 Å². The number of piperidine rings is 1. The van der Waals surface area contributed by atoms with E-state index in [1.165, 1.54) is 0 Å². The first-order valence-electron chi connectivity index (χ1n) is 14.2. The molecule has 1 N–H and O–H groups in total. The molecule has 39 heavy (non-hydrogen) atoms. The van der Waals surface area contributed by atoms with Crippen LogP contribution in [0.4, 0.5) is 4.79 Å². The van der Waals surface area contributed by atoms with E-state index in [1.54, 1.807) is 21.6 Å². The number of ether oxygens (including phenoxy) is 1. The molecule has 0 spiro atoms. The van der Waals surface area contributed by atoms with Gasteiger partial charge >= 0.3 is 12.0 Å². The Kier molecular flexibility index (Phi) is 8.67. The standard InChI is InChI=1S/C30H42N4O5/c1-7-33-24-17-34(28(36)25(24)26(31-30(33)38)22-12-11-19(5)15-20(22)6)23(14-18(3)4)27(35)32-13-9-10-21(16-32)29(37)39-8-2/h11-12,15,18,21,23,26H,7-10,13-14,16-17H2,1-6H3,(H,31,38)/t21-,23-,26+/m1/s1. The molecule has 0 aromatic heterocycles. The Labute approximate surface area is 231 Å². The van der Waals surface area contributed by atoms with Gasteiger partial charge in [-0.15, -0.1) is 0 Å². The first-order valence-corrected chi connectivity index (χ1v) is 14.2. The van der Waals surface area contributed by atoms with E-state index >= 15 is 0 Å². The van der Waals surface area contributed by atoms with Crippen LogP contribution in [0.25, 0.3) is 0 Å². The molecular weight excluding hydrogens is 496 g/mol. The van der Waals surface area contributed by atoms with Crippen LogP contribution in [0.5, 0.6) is 0 Å². The van der Waals surface area contributed by atoms with Crippen molar-refractivity contribution in [2.24, 2.45) is 11.8 Å². The van der Waals surface area contributed by atoms with Crippen LogP contribution in [0, 0.1) is 25.7 Å². The summed E-state index contributed by atoms with van der Waals surface area (Å²) in [6.07, 6.45) is 1.89. The molecule has 9 nitrogen and oxygen atoms in total. The maximum absolute atomic E-state index is 14.2. The van der Waals surface area contributed by atoms with E-state index in [4.69, 9.17) is 4.74 Å². The fourth-order valence-electron chi connectivity index (χ4n) is 6.13. The monoisotopic (exact) mass is 538 g/mol. The molecule has 3 aliphatic rings. The molecule has 0 aliphatic carbocycles. The average Bonchev–Trinajstić information content (AvgIpc) is 3.23. The number of rotatable bonds is 8. The predicted molar refractivity (Wildman–Crippen MR) is 147 cm³/mol. The molecule has 0 saturated carbocycles. The minimum atomic E-state index is -0.683. The van der Waals surface area contributed by atoms with E-state index in [-0.39, 0.29) is 42.2 Å². The van der Waals surface area contributed by atoms with Crippen molar-refractivity contribution in [2.75, 3.05) is 32.8 Å². The number of hydrogen-bond acceptors (Lipinski definition) is 5. The normalized spacial score (nSPS) is 22.3. The molecule has 0 radical (unpaired) electrons. The van der Waals surface area contributed by atoms with Gasteiger partial charge in [0, 0.05) is 19.6 Å². The van der Waals surface area contributed by atoms with E-state index in [0.29, 0.717) is 56.8 Å². The fraction of sp³-hybridized carbons (Fsp3) is 0.600. The van der Waals surface area contributed by atoms with E-state index in [9.17, 15) is 19.2 Å². The Morgan fingerprint density at radius 1 is 1.15 bits per heavy atom. The highest BCUT2D eigenvalue weighted by molar-refractivity contribution is 6.03. The molecule has 212 valence electrons. The molecule has 4 rings (SSSR count). The number of benzene rings is 1. The Morgan fingerprint density at radius 2 is 1.90 bits per heavy atom. The number of likely N-dealkylation sites (N-methyl/N-ethyl adjacent to an activating group) is 1. The summed E-state index contributed by atoms with van der Waals surface area (Å²) in [5.41, 5.74) is 4.19. The third-order valence-electron chi connectivity index (χ3n) is 8.01. The lowest BCUT2D eigenvalue weighted by molar-refractivity contribution is -0.153. The molecule has 1 fully saturated rings. The maximum atomic E-state index is 14.2. The lowest BCUT2D eigenvalue weighted by atomic mass is 9.91. The van der Waals surface area contributed by atoms with Crippen LogP contribution in [0.2, 0.25) is 0 Å². The molecule has 0 bridgehead atoms. The quantitative estimate of drug-likeness (QED) is 0.509. The number of carbonyl (C=O) groups excluding carboxylic acids is 4. The molecule has 1 saturated heterocycles. The Hall–Kier alpha value is -3.36. The Balaban J connectivity index is 1.66. The molecule has 0 unspecified atom stereocenters. The largest absolute Gasteiger partial charge is 0.466 e. The van der Waals surface area contributed by atoms with Crippen molar-refractivity contribution in [3.05, 3.63) is 46.2 Å². The number of carbonyl (C=O) groups is 4. The van der Waals surface area contributed by atoms with Crippen molar-refractivity contribution in [1.82, 2.24) is 20.0 Å². The predicted octanol–water partition coefficient (Wildman–Crippen LogP) is 3.70. The van der Waals surface area contributed by atoms with E-state index in [0.717, 1.165) is 16.7 Å². The first-order chi connectivity index (χ1) is 18.6. The second-order valence-electron chi connectivity index (χ2n) is 11.3. The van der Waals surface area contributed by atoms with Crippen molar-refractivity contribution in [1.29, 1.82) is 0 Å². The van der Waals surface area contributed by atoms with E-state index in [1.807, 2.05) is 52.8 Å². The topological polar surface area (TPSA) is 99.3 Å². The first kappa shape index (κ1) is 28.6. The SMILES string of the molecule is CCOC(=O)[C@@H]1CCCN(C(=O)[C@@H](CC(C)C)N2CC3=C(C2=O)[C@H](c2ccc(C)cc2C)NC(=O)N3CC)C1. The van der Waals surface area contributed by atoms with Crippen LogP contribution in [0.15, 0.2) is 29.5 Å². The van der Waals surface area contributed by atoms with Gasteiger partial charge in [-0.3, -0.25) is 19.3 Å². The fourth-order valence-corrected chi connectivity index (χ4v) is 6.13. The van der Waals surface area contributed by atoms with E-state index < -0.39 is 12.1 Å². The third kappa shape index (κ3) is 5.68. The number of aryl methyl sites for hydroxylation is 2. The van der Waals surface area contributed by atoms with Crippen LogP contribution in [-0.2, 0) is 19.1 Å². The highest BCUT2D eigenvalue weighted by Gasteiger charge is 2.48. The van der Waals surface area contributed by atoms with Crippen LogP contribution < -0.4 is 5.32 Å². The summed E-state index contributed by atoms with van der Waals surface area (Å²) in [5, 5.41) is 3.05. The zero-order valence-electron chi connectivity index (χ0n) is 24.1. The van der Waals surface area contributed by atoms with Crippen molar-refractivity contribution < 1.29 is 23.9 Å². The second-order valence-corrected chi connectivity index (χ2v) is 11.3. The summed E-state index contributed by atoms with van der Waals surface area (Å²) in [6.45, 7) is 13.5. The molecule has 3 atom stereocenters. The summed E-state index contributed by atoms with van der Waals surface area (Å²) < 4.78 is 5.23. The van der Waals surface area contributed by atoms with Gasteiger partial charge in [0.25, 0.3) is 5.91 Å². The average molecular weight is 539 g/mol. The number of esters is 1. The van der Waals surface area contributed by atoms with Crippen LogP contribution in [-0.4, -0.2) is 77.3 Å². The maximum Gasteiger partial charge on any atom is 0.322 e. The summed E-state index contributed by atoms with van der Waals surface area (Å²) in [7, 11) is 0. The molecule has 1 aromatic rings. The molecule has 4 amide bonds. The number of nitrogens with one attached hydrogen (secondary N) is 1. The summed E-state index contributed by atoms with van der Waals surface area (Å²) in [5.74, 6) is -0.826. The smallest absolute Gasteiger partial charge is 0.322 e. The number of urea groups is 1. The molecular formula is C30H42N4O5. The van der Waals surface area contributed by atoms with Gasteiger partial charge in [-0.25, -0.2) is 4.79 Å². The van der Waals surface area contributed by atoms with Crippen LogP contribution in [0.1, 0.15) is 69.7 Å². The molecule has 3 aliphatic heterocycles. The minimum Gasteiger partial charge on any atom is -0.466 e. The number of amides is 4. The summed E-state index contributed by atoms with van der Waals surface area (Å²) in [6, 6.07) is 4.50. The van der Waals surface area contributed by atoms with E-state index in [2.05, 4.69) is 5.32 Å².